The van der Waals surface area contributed by atoms with Crippen molar-refractivity contribution in [3.63, 3.8) is 0 Å². The third kappa shape index (κ3) is 2.17. The molecule has 4 nitrogen and oxygen atoms in total. The smallest absolute Gasteiger partial charge is 0.126 e. The Hall–Kier alpha value is -2.35. The van der Waals surface area contributed by atoms with Crippen LogP contribution in [0.5, 0.6) is 0 Å². The molecule has 0 spiro atoms. The lowest BCUT2D eigenvalue weighted by Crippen LogP contribution is -1.91. The number of hydrogen-bond acceptors (Lipinski definition) is 3. The zero-order chi connectivity index (χ0) is 14.0. The van der Waals surface area contributed by atoms with Crippen molar-refractivity contribution in [2.75, 3.05) is 5.32 Å². The van der Waals surface area contributed by atoms with E-state index in [2.05, 4.69) is 10.4 Å². The van der Waals surface area contributed by atoms with E-state index in [1.54, 1.807) is 0 Å². The van der Waals surface area contributed by atoms with Gasteiger partial charge in [-0.2, -0.15) is 10.4 Å². The van der Waals surface area contributed by atoms with Crippen LogP contribution in [0, 0.1) is 17.1 Å². The van der Waals surface area contributed by atoms with Crippen molar-refractivity contribution < 1.29 is 8.50 Å². The Morgan fingerprint density at radius 1 is 1.50 bits per heavy atom. The number of aromatic nitrogens is 2. The number of hydrogen-bond donors (Lipinski definition) is 1. The van der Waals surface area contributed by atoms with E-state index in [4.69, 9.17) is 9.37 Å². The molecule has 0 aliphatic heterocycles. The van der Waals surface area contributed by atoms with Crippen LogP contribution in [-0.2, 0) is 6.98 Å². The Bertz CT molecular complexity index is 642. The number of halogens is 1. The second-order valence-corrected chi connectivity index (χ2v) is 3.14. The van der Waals surface area contributed by atoms with Crippen LogP contribution in [0.15, 0.2) is 30.6 Å². The van der Waals surface area contributed by atoms with Crippen molar-refractivity contribution in [3.8, 4) is 6.07 Å². The normalized spacial score (nSPS) is 13.4. The summed E-state index contributed by atoms with van der Waals surface area (Å²) in [6.07, 6.45) is 2.59. The van der Waals surface area contributed by atoms with Gasteiger partial charge in [-0.05, 0) is 18.2 Å². The number of nitrogens with zero attached hydrogens (tertiary/aromatic N) is 3. The van der Waals surface area contributed by atoms with E-state index in [9.17, 15) is 4.39 Å². The monoisotopic (exact) mass is 219 g/mol. The highest BCUT2D eigenvalue weighted by Gasteiger charge is 2.02. The van der Waals surface area contributed by atoms with Gasteiger partial charge in [0.2, 0.25) is 0 Å². The van der Waals surface area contributed by atoms with Gasteiger partial charge in [-0.25, -0.2) is 4.39 Å². The highest BCUT2D eigenvalue weighted by atomic mass is 19.1. The molecule has 80 valence electrons. The molecule has 0 fully saturated rings. The first-order valence-electron chi connectivity index (χ1n) is 5.91. The summed E-state index contributed by atoms with van der Waals surface area (Å²) in [5.41, 5.74) is 0.915. The van der Waals surface area contributed by atoms with Crippen LogP contribution in [0.1, 0.15) is 9.68 Å². The van der Waals surface area contributed by atoms with Crippen molar-refractivity contribution >= 4 is 11.4 Å². The topological polar surface area (TPSA) is 53.6 Å². The zero-order valence-electron chi connectivity index (χ0n) is 11.1. The molecule has 1 aromatic carbocycles. The van der Waals surface area contributed by atoms with E-state index in [1.807, 2.05) is 6.07 Å². The Morgan fingerprint density at radius 3 is 3.06 bits per heavy atom. The molecule has 5 heteroatoms. The van der Waals surface area contributed by atoms with Gasteiger partial charge in [-0.15, -0.1) is 0 Å². The Labute approximate surface area is 96.1 Å². The summed E-state index contributed by atoms with van der Waals surface area (Å²) < 4.78 is 35.5. The fourth-order valence-corrected chi connectivity index (χ4v) is 1.28. The highest BCUT2D eigenvalue weighted by Crippen LogP contribution is 2.18. The van der Waals surface area contributed by atoms with Crippen LogP contribution in [0.25, 0.3) is 0 Å². The third-order valence-electron chi connectivity index (χ3n) is 1.90. The van der Waals surface area contributed by atoms with E-state index in [1.165, 1.54) is 24.5 Å². The van der Waals surface area contributed by atoms with Gasteiger partial charge in [0, 0.05) is 23.0 Å². The zero-order valence-corrected chi connectivity index (χ0v) is 8.11. The average Bonchev–Trinajstić information content (AvgIpc) is 2.76. The second kappa shape index (κ2) is 4.03. The van der Waals surface area contributed by atoms with E-state index < -0.39 is 12.8 Å². The van der Waals surface area contributed by atoms with Crippen LogP contribution >= 0.6 is 0 Å². The molecule has 2 rings (SSSR count). The van der Waals surface area contributed by atoms with Crippen LogP contribution in [-0.4, -0.2) is 9.78 Å². The molecule has 0 aliphatic rings. The lowest BCUT2D eigenvalue weighted by Gasteiger charge is -2.03. The van der Waals surface area contributed by atoms with Crippen LogP contribution in [0.3, 0.4) is 0 Å². The summed E-state index contributed by atoms with van der Waals surface area (Å²) in [6, 6.07) is 5.60. The number of benzene rings is 1. The Balaban J connectivity index is 2.25. The van der Waals surface area contributed by atoms with E-state index >= 15 is 0 Å². The van der Waals surface area contributed by atoms with Gasteiger partial charge >= 0.3 is 0 Å². The molecule has 0 aliphatic carbocycles. The first-order chi connectivity index (χ1) is 8.88. The number of anilines is 2. The molecular formula is C11H9FN4. The standard InChI is InChI=1S/C11H9FN4/c1-16-7-11(6-14-16)15-10-3-8(5-13)2-9(12)4-10/h2-4,6-7,15H,1H3/i1D3. The number of nitrogens with one attached hydrogen (secondary N) is 1. The van der Waals surface area contributed by atoms with Gasteiger partial charge in [-0.1, -0.05) is 0 Å². The molecule has 0 bridgehead atoms. The number of aryl methyl sites for hydroxylation is 1. The molecule has 1 heterocycles. The van der Waals surface area contributed by atoms with E-state index in [0.29, 0.717) is 11.4 Å². The molecule has 16 heavy (non-hydrogen) atoms. The molecule has 0 saturated carbocycles. The first-order valence-corrected chi connectivity index (χ1v) is 4.41. The van der Waals surface area contributed by atoms with Gasteiger partial charge in [-0.3, -0.25) is 4.68 Å². The molecule has 1 aromatic heterocycles. The molecule has 0 radical (unpaired) electrons. The quantitative estimate of drug-likeness (QED) is 0.842. The van der Waals surface area contributed by atoms with Gasteiger partial charge in [0.25, 0.3) is 0 Å². The summed E-state index contributed by atoms with van der Waals surface area (Å²) in [5.74, 6) is -0.551. The fourth-order valence-electron chi connectivity index (χ4n) is 1.28. The summed E-state index contributed by atoms with van der Waals surface area (Å²) in [5, 5.41) is 15.2. The third-order valence-corrected chi connectivity index (χ3v) is 1.90. The van der Waals surface area contributed by atoms with Crippen LogP contribution in [0.4, 0.5) is 15.8 Å². The Morgan fingerprint density at radius 2 is 2.38 bits per heavy atom. The van der Waals surface area contributed by atoms with Gasteiger partial charge in [0.1, 0.15) is 5.82 Å². The lowest BCUT2D eigenvalue weighted by atomic mass is 10.2. The minimum Gasteiger partial charge on any atom is -0.353 e. The van der Waals surface area contributed by atoms with Crippen LogP contribution < -0.4 is 5.32 Å². The molecule has 2 aromatic rings. The summed E-state index contributed by atoms with van der Waals surface area (Å²) in [6.45, 7) is -2.36. The second-order valence-electron chi connectivity index (χ2n) is 3.14. The molecule has 1 N–H and O–H groups in total. The number of nitriles is 1. The van der Waals surface area contributed by atoms with Crippen molar-refractivity contribution in [1.82, 2.24) is 9.78 Å². The summed E-state index contributed by atoms with van der Waals surface area (Å²) in [4.78, 5) is 0. The lowest BCUT2D eigenvalue weighted by molar-refractivity contribution is 0.628. The Kier molecular flexibility index (Phi) is 1.76. The predicted octanol–water partition coefficient (Wildman–Crippen LogP) is 2.17. The SMILES string of the molecule is [2H]C([2H])([2H])n1cc(Nc2cc(F)cc(C#N)c2)cn1. The van der Waals surface area contributed by atoms with Gasteiger partial charge < -0.3 is 5.32 Å². The maximum absolute atomic E-state index is 13.2. The minimum atomic E-state index is -2.36. The van der Waals surface area contributed by atoms with Crippen molar-refractivity contribution in [3.05, 3.63) is 42.0 Å². The van der Waals surface area contributed by atoms with E-state index in [0.717, 1.165) is 10.7 Å². The molecular weight excluding hydrogens is 207 g/mol. The van der Waals surface area contributed by atoms with E-state index in [-0.39, 0.29) is 5.56 Å². The van der Waals surface area contributed by atoms with Crippen molar-refractivity contribution in [2.45, 2.75) is 0 Å². The van der Waals surface area contributed by atoms with Crippen molar-refractivity contribution in [1.29, 1.82) is 5.26 Å². The molecule has 0 atom stereocenters. The molecule has 0 amide bonds. The highest BCUT2D eigenvalue weighted by molar-refractivity contribution is 5.60. The average molecular weight is 219 g/mol. The predicted molar refractivity (Wildman–Crippen MR) is 57.6 cm³/mol. The fraction of sp³-hybridized carbons (Fsp3) is 0.0909. The van der Waals surface area contributed by atoms with Gasteiger partial charge in [0.05, 0.1) is 23.5 Å². The largest absolute Gasteiger partial charge is 0.353 e. The summed E-state index contributed by atoms with van der Waals surface area (Å²) in [7, 11) is 0. The summed E-state index contributed by atoms with van der Waals surface area (Å²) >= 11 is 0. The van der Waals surface area contributed by atoms with Crippen molar-refractivity contribution in [2.24, 2.45) is 6.98 Å². The maximum Gasteiger partial charge on any atom is 0.126 e. The molecule has 0 unspecified atom stereocenters. The first kappa shape index (κ1) is 7.01. The minimum absolute atomic E-state index is 0.172. The van der Waals surface area contributed by atoms with Gasteiger partial charge in [0.15, 0.2) is 0 Å². The maximum atomic E-state index is 13.2. The molecule has 0 saturated heterocycles. The van der Waals surface area contributed by atoms with Crippen LogP contribution in [0.2, 0.25) is 0 Å². The number of rotatable bonds is 2.